The number of ether oxygens (including phenoxy) is 1. The third-order valence-electron chi connectivity index (χ3n) is 3.92. The lowest BCUT2D eigenvalue weighted by molar-refractivity contribution is -0.154. The molecule has 0 fully saturated rings. The Hall–Kier alpha value is -3.15. The number of esters is 1. The molecule has 2 N–H and O–H groups in total. The zero-order valence-corrected chi connectivity index (χ0v) is 14.8. The average Bonchev–Trinajstić information content (AvgIpc) is 2.67. The Kier molecular flexibility index (Phi) is 6.91. The maximum Gasteiger partial charge on any atom is 0.321 e. The standard InChI is InChI=1S/C20H22N2O4/c1-14(19(24)22-20(25)21-2)26-18(23)13-17(15-9-5-3-6-10-15)16-11-7-4-8-12-16/h3-12,14,17H,13H2,1-2H3,(H2,21,22,24,25)/t14-/m1/s1. The normalized spacial score (nSPS) is 11.5. The van der Waals surface area contributed by atoms with E-state index in [0.29, 0.717) is 0 Å². The molecule has 26 heavy (non-hydrogen) atoms. The highest BCUT2D eigenvalue weighted by Crippen LogP contribution is 2.28. The van der Waals surface area contributed by atoms with Crippen LogP contribution in [-0.4, -0.2) is 31.1 Å². The molecule has 2 aromatic rings. The summed E-state index contributed by atoms with van der Waals surface area (Å²) >= 11 is 0. The fraction of sp³-hybridized carbons (Fsp3) is 0.250. The van der Waals surface area contributed by atoms with Gasteiger partial charge in [-0.15, -0.1) is 0 Å². The monoisotopic (exact) mass is 354 g/mol. The van der Waals surface area contributed by atoms with Crippen molar-refractivity contribution in [2.75, 3.05) is 7.05 Å². The number of rotatable bonds is 6. The van der Waals surface area contributed by atoms with Crippen molar-refractivity contribution in [3.05, 3.63) is 71.8 Å². The van der Waals surface area contributed by atoms with Gasteiger partial charge in [0.25, 0.3) is 5.91 Å². The second-order valence-electron chi connectivity index (χ2n) is 5.78. The molecule has 0 heterocycles. The summed E-state index contributed by atoms with van der Waals surface area (Å²) < 4.78 is 5.20. The minimum absolute atomic E-state index is 0.0889. The van der Waals surface area contributed by atoms with Crippen LogP contribution >= 0.6 is 0 Å². The van der Waals surface area contributed by atoms with Crippen molar-refractivity contribution in [2.45, 2.75) is 25.4 Å². The first kappa shape index (κ1) is 19.2. The molecule has 0 aromatic heterocycles. The molecular weight excluding hydrogens is 332 g/mol. The highest BCUT2D eigenvalue weighted by Gasteiger charge is 2.23. The van der Waals surface area contributed by atoms with E-state index in [9.17, 15) is 14.4 Å². The Morgan fingerprint density at radius 3 is 1.88 bits per heavy atom. The Labute approximate surface area is 152 Å². The van der Waals surface area contributed by atoms with Crippen LogP contribution in [0.1, 0.15) is 30.4 Å². The molecular formula is C20H22N2O4. The molecule has 3 amide bonds. The third kappa shape index (κ3) is 5.44. The molecule has 0 saturated heterocycles. The molecule has 0 aliphatic carbocycles. The van der Waals surface area contributed by atoms with Gasteiger partial charge in [-0.05, 0) is 18.1 Å². The molecule has 1 atom stereocenters. The Bertz CT molecular complexity index is 707. The van der Waals surface area contributed by atoms with E-state index >= 15 is 0 Å². The highest BCUT2D eigenvalue weighted by molar-refractivity contribution is 5.97. The number of amides is 3. The smallest absolute Gasteiger partial charge is 0.321 e. The van der Waals surface area contributed by atoms with Crippen LogP contribution in [0.4, 0.5) is 4.79 Å². The van der Waals surface area contributed by atoms with Gasteiger partial charge >= 0.3 is 12.0 Å². The lowest BCUT2D eigenvalue weighted by atomic mass is 9.88. The molecule has 2 rings (SSSR count). The van der Waals surface area contributed by atoms with Crippen LogP contribution < -0.4 is 10.6 Å². The number of nitrogens with one attached hydrogen (secondary N) is 2. The van der Waals surface area contributed by atoms with Gasteiger partial charge in [0.2, 0.25) is 0 Å². The maximum atomic E-state index is 12.4. The molecule has 2 aromatic carbocycles. The van der Waals surface area contributed by atoms with Crippen molar-refractivity contribution < 1.29 is 19.1 Å². The van der Waals surface area contributed by atoms with E-state index in [1.54, 1.807) is 0 Å². The number of carbonyl (C=O) groups excluding carboxylic acids is 3. The lowest BCUT2D eigenvalue weighted by Crippen LogP contribution is -2.43. The Morgan fingerprint density at radius 1 is 0.923 bits per heavy atom. The summed E-state index contributed by atoms with van der Waals surface area (Å²) in [7, 11) is 1.39. The first-order valence-corrected chi connectivity index (χ1v) is 8.33. The minimum Gasteiger partial charge on any atom is -0.453 e. The van der Waals surface area contributed by atoms with E-state index < -0.39 is 24.0 Å². The number of hydrogen-bond acceptors (Lipinski definition) is 4. The molecule has 0 saturated carbocycles. The summed E-state index contributed by atoms with van der Waals surface area (Å²) in [5.41, 5.74) is 1.97. The zero-order chi connectivity index (χ0) is 18.9. The van der Waals surface area contributed by atoms with Crippen molar-refractivity contribution in [3.8, 4) is 0 Å². The largest absolute Gasteiger partial charge is 0.453 e. The summed E-state index contributed by atoms with van der Waals surface area (Å²) in [6.07, 6.45) is -0.974. The fourth-order valence-electron chi connectivity index (χ4n) is 2.54. The number of benzene rings is 2. The first-order valence-electron chi connectivity index (χ1n) is 8.33. The van der Waals surface area contributed by atoms with Crippen molar-refractivity contribution in [1.29, 1.82) is 0 Å². The Balaban J connectivity index is 2.07. The minimum atomic E-state index is -1.06. The van der Waals surface area contributed by atoms with E-state index in [1.807, 2.05) is 60.7 Å². The molecule has 0 unspecified atom stereocenters. The number of urea groups is 1. The van der Waals surface area contributed by atoms with Crippen molar-refractivity contribution >= 4 is 17.9 Å². The lowest BCUT2D eigenvalue weighted by Gasteiger charge is -2.19. The highest BCUT2D eigenvalue weighted by atomic mass is 16.5. The van der Waals surface area contributed by atoms with E-state index in [0.717, 1.165) is 11.1 Å². The van der Waals surface area contributed by atoms with Crippen LogP contribution in [0.5, 0.6) is 0 Å². The van der Waals surface area contributed by atoms with E-state index in [2.05, 4.69) is 10.6 Å². The molecule has 0 aliphatic heterocycles. The van der Waals surface area contributed by atoms with Gasteiger partial charge in [0.15, 0.2) is 6.10 Å². The summed E-state index contributed by atoms with van der Waals surface area (Å²) in [6, 6.07) is 18.6. The van der Waals surface area contributed by atoms with Gasteiger partial charge in [-0.3, -0.25) is 14.9 Å². The van der Waals surface area contributed by atoms with E-state index in [1.165, 1.54) is 14.0 Å². The van der Waals surface area contributed by atoms with Crippen LogP contribution in [0, 0.1) is 0 Å². The van der Waals surface area contributed by atoms with Crippen LogP contribution in [0.3, 0.4) is 0 Å². The van der Waals surface area contributed by atoms with Crippen LogP contribution in [0.2, 0.25) is 0 Å². The molecule has 136 valence electrons. The van der Waals surface area contributed by atoms with Gasteiger partial charge in [-0.1, -0.05) is 60.7 Å². The van der Waals surface area contributed by atoms with E-state index in [4.69, 9.17) is 4.74 Å². The van der Waals surface area contributed by atoms with Gasteiger partial charge in [0.1, 0.15) is 0 Å². The molecule has 0 bridgehead atoms. The number of carbonyl (C=O) groups is 3. The topological polar surface area (TPSA) is 84.5 Å². The van der Waals surface area contributed by atoms with Gasteiger partial charge in [-0.25, -0.2) is 4.79 Å². The van der Waals surface area contributed by atoms with Gasteiger partial charge < -0.3 is 10.1 Å². The van der Waals surface area contributed by atoms with Crippen molar-refractivity contribution in [3.63, 3.8) is 0 Å². The van der Waals surface area contributed by atoms with Crippen LogP contribution in [0.15, 0.2) is 60.7 Å². The maximum absolute atomic E-state index is 12.4. The zero-order valence-electron chi connectivity index (χ0n) is 14.8. The third-order valence-corrected chi connectivity index (χ3v) is 3.92. The van der Waals surface area contributed by atoms with Gasteiger partial charge in [0.05, 0.1) is 6.42 Å². The molecule has 6 nitrogen and oxygen atoms in total. The fourth-order valence-corrected chi connectivity index (χ4v) is 2.54. The first-order chi connectivity index (χ1) is 12.5. The van der Waals surface area contributed by atoms with Crippen molar-refractivity contribution in [2.24, 2.45) is 0 Å². The average molecular weight is 354 g/mol. The summed E-state index contributed by atoms with van der Waals surface area (Å²) in [6.45, 7) is 1.43. The molecule has 0 aliphatic rings. The van der Waals surface area contributed by atoms with Crippen LogP contribution in [-0.2, 0) is 14.3 Å². The van der Waals surface area contributed by atoms with Gasteiger partial charge in [0, 0.05) is 13.0 Å². The number of imide groups is 1. The summed E-state index contributed by atoms with van der Waals surface area (Å²) in [5.74, 6) is -1.37. The quantitative estimate of drug-likeness (QED) is 0.781. The second kappa shape index (κ2) is 9.36. The predicted octanol–water partition coefficient (Wildman–Crippen LogP) is 2.60. The van der Waals surface area contributed by atoms with Crippen LogP contribution in [0.25, 0.3) is 0 Å². The SMILES string of the molecule is CNC(=O)NC(=O)[C@@H](C)OC(=O)CC(c1ccccc1)c1ccccc1. The Morgan fingerprint density at radius 2 is 1.42 bits per heavy atom. The molecule has 0 radical (unpaired) electrons. The molecule has 0 spiro atoms. The second-order valence-corrected chi connectivity index (χ2v) is 5.78. The van der Waals surface area contributed by atoms with Crippen molar-refractivity contribution in [1.82, 2.24) is 10.6 Å². The molecule has 6 heteroatoms. The predicted molar refractivity (Wildman–Crippen MR) is 97.5 cm³/mol. The number of hydrogen-bond donors (Lipinski definition) is 2. The summed E-state index contributed by atoms with van der Waals surface area (Å²) in [4.78, 5) is 35.4. The van der Waals surface area contributed by atoms with E-state index in [-0.39, 0.29) is 12.3 Å². The summed E-state index contributed by atoms with van der Waals surface area (Å²) in [5, 5.41) is 4.35. The van der Waals surface area contributed by atoms with Gasteiger partial charge in [-0.2, -0.15) is 0 Å².